The number of para-hydroxylation sites is 1. The van der Waals surface area contributed by atoms with E-state index in [1.807, 2.05) is 63.2 Å². The van der Waals surface area contributed by atoms with E-state index >= 15 is 0 Å². The molecule has 1 aliphatic carbocycles. The summed E-state index contributed by atoms with van der Waals surface area (Å²) in [5.41, 5.74) is 0.771. The zero-order valence-electron chi connectivity index (χ0n) is 25.6. The van der Waals surface area contributed by atoms with Crippen LogP contribution in [0.2, 0.25) is 0 Å². The van der Waals surface area contributed by atoms with Gasteiger partial charge in [-0.05, 0) is 80.8 Å². The number of hydrogen-bond donors (Lipinski definition) is 3. The monoisotopic (exact) mass is 573 g/mol. The highest BCUT2D eigenvalue weighted by atomic mass is 16.6. The lowest BCUT2D eigenvalue weighted by atomic mass is 9.97. The first-order valence-corrected chi connectivity index (χ1v) is 14.6. The van der Waals surface area contributed by atoms with Crippen molar-refractivity contribution in [2.75, 3.05) is 5.32 Å². The summed E-state index contributed by atoms with van der Waals surface area (Å²) in [6, 6.07) is 16.4. The number of hydrogen-bond acceptors (Lipinski definition) is 5. The molecule has 4 atom stereocenters. The Hall–Kier alpha value is -4.07. The van der Waals surface area contributed by atoms with Crippen molar-refractivity contribution < 1.29 is 24.2 Å². The number of amides is 3. The van der Waals surface area contributed by atoms with Crippen LogP contribution in [0.4, 0.5) is 10.5 Å². The molecule has 3 N–H and O–H groups in total. The number of nitrogens with zero attached hydrogens (tertiary/aromatic N) is 1. The summed E-state index contributed by atoms with van der Waals surface area (Å²) in [5, 5.41) is 19.0. The predicted octanol–water partition coefficient (Wildman–Crippen LogP) is 6.71. The van der Waals surface area contributed by atoms with Crippen molar-refractivity contribution in [1.82, 2.24) is 10.2 Å². The number of alkyl carbamates (subject to hydrolysis) is 1. The first-order valence-electron chi connectivity index (χ1n) is 14.6. The lowest BCUT2D eigenvalue weighted by Gasteiger charge is -2.35. The Morgan fingerprint density at radius 3 is 2.31 bits per heavy atom. The Morgan fingerprint density at radius 1 is 1.02 bits per heavy atom. The van der Waals surface area contributed by atoms with Gasteiger partial charge >= 0.3 is 6.09 Å². The van der Waals surface area contributed by atoms with Crippen molar-refractivity contribution in [3.8, 4) is 5.75 Å². The highest BCUT2D eigenvalue weighted by Gasteiger charge is 2.49. The van der Waals surface area contributed by atoms with Gasteiger partial charge in [0, 0.05) is 17.3 Å². The number of ether oxygens (including phenoxy) is 1. The van der Waals surface area contributed by atoms with Gasteiger partial charge in [-0.1, -0.05) is 69.3 Å². The smallest absolute Gasteiger partial charge is 0.408 e. The molecule has 1 aliphatic rings. The number of nitrogens with one attached hydrogen (secondary N) is 2. The van der Waals surface area contributed by atoms with E-state index in [9.17, 15) is 19.5 Å². The van der Waals surface area contributed by atoms with Gasteiger partial charge in [0.15, 0.2) is 0 Å². The van der Waals surface area contributed by atoms with Gasteiger partial charge in [-0.3, -0.25) is 9.59 Å². The van der Waals surface area contributed by atoms with Crippen molar-refractivity contribution in [2.45, 2.75) is 85.0 Å². The summed E-state index contributed by atoms with van der Waals surface area (Å²) in [5.74, 6) is -0.645. The Morgan fingerprint density at radius 2 is 1.69 bits per heavy atom. The second kappa shape index (κ2) is 12.4. The number of carbonyl (C=O) groups excluding carboxylic acids is 3. The van der Waals surface area contributed by atoms with Crippen LogP contribution in [0.25, 0.3) is 10.8 Å². The molecule has 3 aromatic carbocycles. The Kier molecular flexibility index (Phi) is 9.14. The van der Waals surface area contributed by atoms with Crippen molar-refractivity contribution >= 4 is 34.4 Å². The number of fused-ring (bicyclic) bond motifs is 1. The Bertz CT molecular complexity index is 1460. The summed E-state index contributed by atoms with van der Waals surface area (Å²) < 4.78 is 5.48. The lowest BCUT2D eigenvalue weighted by molar-refractivity contribution is -0.142. The van der Waals surface area contributed by atoms with Crippen LogP contribution in [0.5, 0.6) is 5.75 Å². The van der Waals surface area contributed by atoms with Crippen molar-refractivity contribution in [1.29, 1.82) is 0 Å². The molecule has 0 aliphatic heterocycles. The number of carbonyl (C=O) groups is 3. The van der Waals surface area contributed by atoms with Crippen LogP contribution in [0.3, 0.4) is 0 Å². The van der Waals surface area contributed by atoms with Gasteiger partial charge in [0.1, 0.15) is 23.4 Å². The van der Waals surface area contributed by atoms with E-state index < -0.39 is 29.7 Å². The summed E-state index contributed by atoms with van der Waals surface area (Å²) in [6.45, 7) is 13.0. The number of phenols is 1. The third-order valence-electron chi connectivity index (χ3n) is 7.48. The molecule has 42 heavy (non-hydrogen) atoms. The molecule has 3 amide bonds. The maximum Gasteiger partial charge on any atom is 0.408 e. The first-order chi connectivity index (χ1) is 19.7. The van der Waals surface area contributed by atoms with E-state index in [0.29, 0.717) is 29.7 Å². The molecule has 4 unspecified atom stereocenters. The van der Waals surface area contributed by atoms with Gasteiger partial charge in [0.25, 0.3) is 5.91 Å². The Balaban J connectivity index is 1.75. The van der Waals surface area contributed by atoms with Crippen LogP contribution in [-0.4, -0.2) is 45.6 Å². The normalized spacial score (nSPS) is 17.8. The van der Waals surface area contributed by atoms with Crippen LogP contribution in [0.1, 0.15) is 71.6 Å². The zero-order valence-corrected chi connectivity index (χ0v) is 25.6. The number of rotatable bonds is 9. The quantitative estimate of drug-likeness (QED) is 0.264. The summed E-state index contributed by atoms with van der Waals surface area (Å²) in [6.07, 6.45) is 0.369. The van der Waals surface area contributed by atoms with E-state index in [2.05, 4.69) is 10.6 Å². The summed E-state index contributed by atoms with van der Waals surface area (Å²) in [7, 11) is 0. The Labute approximate surface area is 248 Å². The minimum absolute atomic E-state index is 0.0391. The fraction of sp³-hybridized carbons (Fsp3) is 0.441. The van der Waals surface area contributed by atoms with Crippen molar-refractivity contribution in [3.63, 3.8) is 0 Å². The van der Waals surface area contributed by atoms with Crippen LogP contribution >= 0.6 is 0 Å². The predicted molar refractivity (Wildman–Crippen MR) is 165 cm³/mol. The van der Waals surface area contributed by atoms with Gasteiger partial charge in [0.05, 0.1) is 0 Å². The fourth-order valence-electron chi connectivity index (χ4n) is 5.29. The second-order valence-corrected chi connectivity index (χ2v) is 12.8. The largest absolute Gasteiger partial charge is 0.507 e. The lowest BCUT2D eigenvalue weighted by Crippen LogP contribution is -2.53. The number of phenolic OH excluding ortho intramolecular Hbond substituents is 1. The van der Waals surface area contributed by atoms with Gasteiger partial charge in [-0.15, -0.1) is 0 Å². The van der Waals surface area contributed by atoms with E-state index in [0.717, 1.165) is 10.8 Å². The van der Waals surface area contributed by atoms with Crippen LogP contribution < -0.4 is 10.6 Å². The molecule has 0 spiro atoms. The standard InChI is InChI=1S/C34H43N3O5/c1-20(2)17-27(36-33(41)42-34(5,6)7)32(40)37(28-18-22(28)4)29(26-14-10-11-21(3)30(26)38)31(39)35-25-16-15-23-12-8-9-13-24(23)19-25/h8-16,19-20,22,27-29,38H,17-18H2,1-7H3,(H,35,39)(H,36,41). The molecule has 1 fully saturated rings. The second-order valence-electron chi connectivity index (χ2n) is 12.8. The average Bonchev–Trinajstić information content (AvgIpc) is 3.62. The SMILES string of the molecule is Cc1cccc(C(C(=O)Nc2ccc3ccccc3c2)N(C(=O)C(CC(C)C)NC(=O)OC(C)(C)C)C2CC2C)c1O. The third-order valence-corrected chi connectivity index (χ3v) is 7.48. The van der Waals surface area contributed by atoms with E-state index in [-0.39, 0.29) is 29.5 Å². The maximum atomic E-state index is 14.4. The van der Waals surface area contributed by atoms with Gasteiger partial charge < -0.3 is 25.4 Å². The maximum absolute atomic E-state index is 14.4. The van der Waals surface area contributed by atoms with Crippen LogP contribution in [0.15, 0.2) is 60.7 Å². The number of benzene rings is 3. The van der Waals surface area contributed by atoms with Crippen LogP contribution in [0, 0.1) is 18.8 Å². The molecule has 0 saturated heterocycles. The number of aromatic hydroxyl groups is 1. The number of anilines is 1. The molecule has 0 heterocycles. The zero-order chi connectivity index (χ0) is 30.8. The van der Waals surface area contributed by atoms with E-state index in [4.69, 9.17) is 4.74 Å². The molecule has 8 nitrogen and oxygen atoms in total. The molecule has 3 aromatic rings. The van der Waals surface area contributed by atoms with Gasteiger partial charge in [-0.2, -0.15) is 0 Å². The van der Waals surface area contributed by atoms with Crippen molar-refractivity contribution in [2.24, 2.45) is 11.8 Å². The molecule has 0 aromatic heterocycles. The highest BCUT2D eigenvalue weighted by molar-refractivity contribution is 6.01. The highest BCUT2D eigenvalue weighted by Crippen LogP contribution is 2.43. The minimum atomic E-state index is -1.13. The minimum Gasteiger partial charge on any atom is -0.507 e. The fourth-order valence-corrected chi connectivity index (χ4v) is 5.29. The number of aryl methyl sites for hydroxylation is 1. The molecule has 0 radical (unpaired) electrons. The molecule has 8 heteroatoms. The third kappa shape index (κ3) is 7.41. The first kappa shape index (κ1) is 30.9. The van der Waals surface area contributed by atoms with E-state index in [1.165, 1.54) is 0 Å². The van der Waals surface area contributed by atoms with E-state index in [1.54, 1.807) is 50.8 Å². The van der Waals surface area contributed by atoms with Crippen LogP contribution in [-0.2, 0) is 14.3 Å². The molecular weight excluding hydrogens is 530 g/mol. The summed E-state index contributed by atoms with van der Waals surface area (Å²) >= 11 is 0. The molecule has 224 valence electrons. The molecule has 1 saturated carbocycles. The summed E-state index contributed by atoms with van der Waals surface area (Å²) in [4.78, 5) is 43.1. The van der Waals surface area contributed by atoms with Gasteiger partial charge in [0.2, 0.25) is 5.91 Å². The molecular formula is C34H43N3O5. The average molecular weight is 574 g/mol. The van der Waals surface area contributed by atoms with Gasteiger partial charge in [-0.25, -0.2) is 4.79 Å². The molecule has 0 bridgehead atoms. The topological polar surface area (TPSA) is 108 Å². The van der Waals surface area contributed by atoms with Crippen molar-refractivity contribution in [3.05, 3.63) is 71.8 Å². The molecule has 4 rings (SSSR count).